The smallest absolute Gasteiger partial charge is 0.234 e. The van der Waals surface area contributed by atoms with Crippen LogP contribution in [-0.2, 0) is 11.3 Å². The number of hydrogen-bond acceptors (Lipinski definition) is 7. The van der Waals surface area contributed by atoms with Gasteiger partial charge in [0.2, 0.25) is 11.8 Å². The molecule has 1 saturated carbocycles. The molecule has 1 amide bonds. The Bertz CT molecular complexity index is 745. The van der Waals surface area contributed by atoms with E-state index >= 15 is 0 Å². The van der Waals surface area contributed by atoms with Crippen molar-refractivity contribution in [3.63, 3.8) is 0 Å². The summed E-state index contributed by atoms with van der Waals surface area (Å²) in [5, 5.41) is 11.0. The summed E-state index contributed by atoms with van der Waals surface area (Å²) in [6.45, 7) is 5.37. The van der Waals surface area contributed by atoms with Crippen molar-refractivity contribution < 1.29 is 13.8 Å². The quantitative estimate of drug-likeness (QED) is 0.855. The van der Waals surface area contributed by atoms with Gasteiger partial charge in [0, 0.05) is 18.0 Å². The Balaban J connectivity index is 1.34. The first kappa shape index (κ1) is 16.3. The van der Waals surface area contributed by atoms with Gasteiger partial charge in [-0.05, 0) is 46.1 Å². The Morgan fingerprint density at radius 2 is 2.08 bits per heavy atom. The van der Waals surface area contributed by atoms with Gasteiger partial charge >= 0.3 is 0 Å². The highest BCUT2D eigenvalue weighted by Crippen LogP contribution is 2.40. The summed E-state index contributed by atoms with van der Waals surface area (Å²) in [4.78, 5) is 19.0. The summed E-state index contributed by atoms with van der Waals surface area (Å²) < 4.78 is 10.5. The molecule has 1 N–H and O–H groups in total. The zero-order valence-electron chi connectivity index (χ0n) is 14.6. The lowest BCUT2D eigenvalue weighted by molar-refractivity contribution is -0.122. The summed E-state index contributed by atoms with van der Waals surface area (Å²) in [5.41, 5.74) is 1.76. The molecule has 2 aromatic rings. The third-order valence-electron chi connectivity index (χ3n) is 5.04. The van der Waals surface area contributed by atoms with Crippen LogP contribution in [0.2, 0.25) is 0 Å². The molecule has 134 valence electrons. The molecule has 1 atom stereocenters. The Labute approximate surface area is 145 Å². The van der Waals surface area contributed by atoms with Gasteiger partial charge in [0.1, 0.15) is 5.76 Å². The minimum absolute atomic E-state index is 0.0159. The number of carbonyl (C=O) groups excluding carboxylic acids is 1. The van der Waals surface area contributed by atoms with E-state index in [2.05, 4.69) is 25.5 Å². The molecule has 25 heavy (non-hydrogen) atoms. The number of likely N-dealkylation sites (tertiary alicyclic amines) is 1. The highest BCUT2D eigenvalue weighted by atomic mass is 16.5. The SMILES string of the molecule is Cc1noc(C)c1CNC(=O)CN1CCC[C@@H]1c1noc(C2CC2)n1. The first-order valence-electron chi connectivity index (χ1n) is 8.88. The lowest BCUT2D eigenvalue weighted by Crippen LogP contribution is -2.37. The van der Waals surface area contributed by atoms with Crippen molar-refractivity contribution in [2.75, 3.05) is 13.1 Å². The predicted molar refractivity (Wildman–Crippen MR) is 87.6 cm³/mol. The first-order valence-corrected chi connectivity index (χ1v) is 8.88. The number of nitrogens with zero attached hydrogens (tertiary/aromatic N) is 4. The van der Waals surface area contributed by atoms with Gasteiger partial charge in [-0.15, -0.1) is 0 Å². The van der Waals surface area contributed by atoms with Crippen LogP contribution in [0.25, 0.3) is 0 Å². The van der Waals surface area contributed by atoms with Gasteiger partial charge in [0.15, 0.2) is 5.82 Å². The van der Waals surface area contributed by atoms with E-state index in [0.717, 1.165) is 61.0 Å². The minimum atomic E-state index is -0.0159. The van der Waals surface area contributed by atoms with Crippen LogP contribution in [0.5, 0.6) is 0 Å². The highest BCUT2D eigenvalue weighted by molar-refractivity contribution is 5.78. The molecular formula is C17H23N5O3. The van der Waals surface area contributed by atoms with Gasteiger partial charge in [-0.25, -0.2) is 0 Å². The number of aryl methyl sites for hydroxylation is 2. The lowest BCUT2D eigenvalue weighted by atomic mass is 10.2. The van der Waals surface area contributed by atoms with E-state index in [-0.39, 0.29) is 11.9 Å². The Kier molecular flexibility index (Phi) is 4.29. The molecule has 1 aliphatic carbocycles. The second-order valence-corrected chi connectivity index (χ2v) is 6.97. The molecule has 0 unspecified atom stereocenters. The second kappa shape index (κ2) is 6.59. The average Bonchev–Trinajstić information content (AvgIpc) is 3.00. The number of hydrogen-bond donors (Lipinski definition) is 1. The minimum Gasteiger partial charge on any atom is -0.361 e. The molecule has 0 bridgehead atoms. The van der Waals surface area contributed by atoms with Crippen molar-refractivity contribution in [1.29, 1.82) is 0 Å². The van der Waals surface area contributed by atoms with Gasteiger partial charge in [-0.1, -0.05) is 10.3 Å². The number of carbonyl (C=O) groups is 1. The van der Waals surface area contributed by atoms with Gasteiger partial charge in [-0.3, -0.25) is 9.69 Å². The molecule has 2 aromatic heterocycles. The molecule has 8 heteroatoms. The Hall–Kier alpha value is -2.22. The van der Waals surface area contributed by atoms with Crippen LogP contribution in [0.1, 0.15) is 66.4 Å². The van der Waals surface area contributed by atoms with Crippen LogP contribution in [0.4, 0.5) is 0 Å². The van der Waals surface area contributed by atoms with E-state index in [1.165, 1.54) is 0 Å². The molecule has 8 nitrogen and oxygen atoms in total. The predicted octanol–water partition coefficient (Wildman–Crippen LogP) is 2.01. The fourth-order valence-electron chi connectivity index (χ4n) is 3.37. The molecule has 2 fully saturated rings. The standard InChI is InChI=1S/C17H23N5O3/c1-10-13(11(2)24-20-10)8-18-15(23)9-22-7-3-4-14(22)16-19-17(25-21-16)12-5-6-12/h12,14H,3-9H2,1-2H3,(H,18,23)/t14-/m1/s1. The summed E-state index contributed by atoms with van der Waals surface area (Å²) in [5.74, 6) is 2.66. The summed E-state index contributed by atoms with van der Waals surface area (Å²) in [7, 11) is 0. The third kappa shape index (κ3) is 3.44. The van der Waals surface area contributed by atoms with Crippen molar-refractivity contribution in [3.05, 3.63) is 28.7 Å². The van der Waals surface area contributed by atoms with Crippen molar-refractivity contribution >= 4 is 5.91 Å². The van der Waals surface area contributed by atoms with Gasteiger partial charge in [-0.2, -0.15) is 4.98 Å². The lowest BCUT2D eigenvalue weighted by Gasteiger charge is -2.21. The molecule has 0 spiro atoms. The summed E-state index contributed by atoms with van der Waals surface area (Å²) in [6, 6.07) is 0.0704. The van der Waals surface area contributed by atoms with Crippen LogP contribution in [-0.4, -0.2) is 39.2 Å². The molecule has 1 aliphatic heterocycles. The largest absolute Gasteiger partial charge is 0.361 e. The Morgan fingerprint density at radius 1 is 1.24 bits per heavy atom. The number of amides is 1. The zero-order chi connectivity index (χ0) is 17.4. The van der Waals surface area contributed by atoms with E-state index in [1.54, 1.807) is 0 Å². The maximum Gasteiger partial charge on any atom is 0.234 e. The van der Waals surface area contributed by atoms with Crippen LogP contribution >= 0.6 is 0 Å². The first-order chi connectivity index (χ1) is 12.1. The zero-order valence-corrected chi connectivity index (χ0v) is 14.6. The fraction of sp³-hybridized carbons (Fsp3) is 0.647. The molecular weight excluding hydrogens is 322 g/mol. The second-order valence-electron chi connectivity index (χ2n) is 6.97. The normalized spacial score (nSPS) is 21.0. The fourth-order valence-corrected chi connectivity index (χ4v) is 3.37. The molecule has 2 aliphatic rings. The summed E-state index contributed by atoms with van der Waals surface area (Å²) >= 11 is 0. The van der Waals surface area contributed by atoms with Crippen LogP contribution in [0.3, 0.4) is 0 Å². The maximum absolute atomic E-state index is 12.3. The summed E-state index contributed by atoms with van der Waals surface area (Å²) in [6.07, 6.45) is 4.27. The van der Waals surface area contributed by atoms with Crippen molar-refractivity contribution in [2.24, 2.45) is 0 Å². The average molecular weight is 345 g/mol. The molecule has 0 aromatic carbocycles. The number of rotatable bonds is 6. The monoisotopic (exact) mass is 345 g/mol. The van der Waals surface area contributed by atoms with Crippen LogP contribution in [0.15, 0.2) is 9.05 Å². The van der Waals surface area contributed by atoms with Gasteiger partial charge < -0.3 is 14.4 Å². The molecule has 4 rings (SSSR count). The molecule has 0 radical (unpaired) electrons. The van der Waals surface area contributed by atoms with Crippen molar-refractivity contribution in [3.8, 4) is 0 Å². The number of aromatic nitrogens is 3. The van der Waals surface area contributed by atoms with E-state index in [1.807, 2.05) is 13.8 Å². The topological polar surface area (TPSA) is 97.3 Å². The van der Waals surface area contributed by atoms with Crippen LogP contribution in [0, 0.1) is 13.8 Å². The van der Waals surface area contributed by atoms with E-state index in [9.17, 15) is 4.79 Å². The van der Waals surface area contributed by atoms with E-state index in [4.69, 9.17) is 9.05 Å². The Morgan fingerprint density at radius 3 is 2.80 bits per heavy atom. The van der Waals surface area contributed by atoms with Gasteiger partial charge in [0.05, 0.1) is 18.3 Å². The van der Waals surface area contributed by atoms with Crippen LogP contribution < -0.4 is 5.32 Å². The van der Waals surface area contributed by atoms with E-state index in [0.29, 0.717) is 19.0 Å². The van der Waals surface area contributed by atoms with Crippen molar-refractivity contribution in [1.82, 2.24) is 25.5 Å². The maximum atomic E-state index is 12.3. The highest BCUT2D eigenvalue weighted by Gasteiger charge is 2.34. The van der Waals surface area contributed by atoms with Crippen molar-refractivity contribution in [2.45, 2.75) is 58.0 Å². The number of nitrogens with one attached hydrogen (secondary N) is 1. The van der Waals surface area contributed by atoms with E-state index < -0.39 is 0 Å². The van der Waals surface area contributed by atoms with Gasteiger partial charge in [0.25, 0.3) is 0 Å². The molecule has 3 heterocycles. The third-order valence-corrected chi connectivity index (χ3v) is 5.04. The molecule has 1 saturated heterocycles.